The van der Waals surface area contributed by atoms with E-state index in [9.17, 15) is 4.79 Å². The molecule has 1 N–H and O–H groups in total. The Morgan fingerprint density at radius 1 is 1.12 bits per heavy atom. The van der Waals surface area contributed by atoms with Crippen LogP contribution in [0.2, 0.25) is 0 Å². The summed E-state index contributed by atoms with van der Waals surface area (Å²) >= 11 is 0. The number of carbonyl (C=O) groups is 1. The highest BCUT2D eigenvalue weighted by Gasteiger charge is 2.63. The molecule has 0 bridgehead atoms. The van der Waals surface area contributed by atoms with Crippen molar-refractivity contribution < 1.29 is 19.4 Å². The van der Waals surface area contributed by atoms with Gasteiger partial charge in [0.1, 0.15) is 29.3 Å². The van der Waals surface area contributed by atoms with Gasteiger partial charge in [-0.1, -0.05) is 36.4 Å². The highest BCUT2D eigenvalue weighted by atomic mass is 16.5. The lowest BCUT2D eigenvalue weighted by Gasteiger charge is -2.12. The van der Waals surface area contributed by atoms with Crippen molar-refractivity contribution in [3.8, 4) is 17.2 Å². The molecule has 3 atom stereocenters. The smallest absolute Gasteiger partial charge is 0.311 e. The fourth-order valence-electron chi connectivity index (χ4n) is 3.77. The molecule has 0 spiro atoms. The van der Waals surface area contributed by atoms with E-state index < -0.39 is 11.9 Å². The summed E-state index contributed by atoms with van der Waals surface area (Å²) in [5.74, 6) is 0.696. The van der Waals surface area contributed by atoms with Crippen LogP contribution in [0.15, 0.2) is 54.6 Å². The number of benzene rings is 3. The zero-order chi connectivity index (χ0) is 17.8. The van der Waals surface area contributed by atoms with Gasteiger partial charge in [-0.25, -0.2) is 4.85 Å². The van der Waals surface area contributed by atoms with E-state index >= 15 is 0 Å². The van der Waals surface area contributed by atoms with E-state index in [0.717, 1.165) is 16.3 Å². The first-order valence-electron chi connectivity index (χ1n) is 8.28. The predicted molar refractivity (Wildman–Crippen MR) is 95.0 cm³/mol. The number of nitrogens with zero attached hydrogens (tertiary/aromatic N) is 1. The number of fused-ring (bicyclic) bond motifs is 4. The Morgan fingerprint density at radius 2 is 1.92 bits per heavy atom. The van der Waals surface area contributed by atoms with Crippen molar-refractivity contribution in [2.75, 3.05) is 0 Å². The minimum absolute atomic E-state index is 0.0460. The molecule has 5 nitrogen and oxygen atoms in total. The van der Waals surface area contributed by atoms with Crippen LogP contribution in [-0.4, -0.2) is 17.2 Å². The summed E-state index contributed by atoms with van der Waals surface area (Å²) in [6.07, 6.45) is -0.253. The van der Waals surface area contributed by atoms with Gasteiger partial charge >= 0.3 is 5.97 Å². The maximum atomic E-state index is 11.1. The molecule has 3 unspecified atom stereocenters. The van der Waals surface area contributed by atoms with Crippen molar-refractivity contribution >= 4 is 22.4 Å². The third kappa shape index (κ3) is 2.06. The van der Waals surface area contributed by atoms with Gasteiger partial charge in [0, 0.05) is 22.9 Å². The lowest BCUT2D eigenvalue weighted by atomic mass is 10.1. The van der Waals surface area contributed by atoms with Crippen molar-refractivity contribution in [1.82, 2.24) is 0 Å². The second-order valence-electron chi connectivity index (χ2n) is 6.51. The van der Waals surface area contributed by atoms with Crippen LogP contribution in [0.25, 0.3) is 15.6 Å². The second kappa shape index (κ2) is 5.24. The van der Waals surface area contributed by atoms with E-state index in [0.29, 0.717) is 22.9 Å². The molecular formula is C21H13NO4. The number of rotatable bonds is 3. The molecule has 3 aromatic carbocycles. The zero-order valence-electron chi connectivity index (χ0n) is 13.5. The predicted octanol–water partition coefficient (Wildman–Crippen LogP) is 4.74. The first kappa shape index (κ1) is 14.8. The van der Waals surface area contributed by atoms with Crippen molar-refractivity contribution in [3.63, 3.8) is 0 Å². The number of hydrogen-bond acceptors (Lipinski definition) is 3. The van der Waals surface area contributed by atoms with Gasteiger partial charge in [0.25, 0.3) is 0 Å². The molecule has 1 aliphatic heterocycles. The Morgan fingerprint density at radius 3 is 2.69 bits per heavy atom. The Labute approximate surface area is 149 Å². The van der Waals surface area contributed by atoms with E-state index in [-0.39, 0.29) is 12.0 Å². The van der Waals surface area contributed by atoms with E-state index in [1.54, 1.807) is 18.2 Å². The van der Waals surface area contributed by atoms with Crippen LogP contribution in [0.1, 0.15) is 11.5 Å². The summed E-state index contributed by atoms with van der Waals surface area (Å²) in [7, 11) is 0. The normalized spacial score (nSPS) is 22.0. The molecule has 26 heavy (non-hydrogen) atoms. The van der Waals surface area contributed by atoms with Crippen LogP contribution >= 0.6 is 0 Å². The lowest BCUT2D eigenvalue weighted by Crippen LogP contribution is -2.08. The van der Waals surface area contributed by atoms with Gasteiger partial charge in [0.05, 0.1) is 6.57 Å². The van der Waals surface area contributed by atoms with E-state index in [1.807, 2.05) is 36.4 Å². The molecule has 2 aliphatic rings. The fraction of sp³-hybridized carbons (Fsp3) is 0.143. The average Bonchev–Trinajstić information content (AvgIpc) is 3.25. The molecule has 126 valence electrons. The van der Waals surface area contributed by atoms with Gasteiger partial charge < -0.3 is 14.6 Å². The first-order valence-corrected chi connectivity index (χ1v) is 8.28. The topological polar surface area (TPSA) is 60.1 Å². The van der Waals surface area contributed by atoms with Gasteiger partial charge in [-0.15, -0.1) is 0 Å². The molecule has 0 radical (unpaired) electrons. The number of carboxylic acids is 1. The van der Waals surface area contributed by atoms with Crippen LogP contribution in [0.3, 0.4) is 0 Å². The number of aliphatic carboxylic acids is 1. The first-order chi connectivity index (χ1) is 12.7. The van der Waals surface area contributed by atoms with Crippen LogP contribution in [-0.2, 0) is 4.79 Å². The molecule has 1 saturated carbocycles. The van der Waals surface area contributed by atoms with E-state index in [4.69, 9.17) is 21.2 Å². The van der Waals surface area contributed by atoms with E-state index in [1.165, 1.54) is 0 Å². The molecule has 0 amide bonds. The Bertz CT molecular complexity index is 1110. The number of carboxylic acid groups (broad SMARTS) is 1. The Hall–Kier alpha value is -3.52. The minimum atomic E-state index is -0.808. The third-order valence-corrected chi connectivity index (χ3v) is 5.06. The van der Waals surface area contributed by atoms with Crippen molar-refractivity contribution in [3.05, 3.63) is 71.6 Å². The van der Waals surface area contributed by atoms with Crippen molar-refractivity contribution in [1.29, 1.82) is 0 Å². The Balaban J connectivity index is 1.48. The summed E-state index contributed by atoms with van der Waals surface area (Å²) in [6, 6.07) is 16.7. The summed E-state index contributed by atoms with van der Waals surface area (Å²) in [5.41, 5.74) is 1.52. The molecule has 5 heteroatoms. The number of ether oxygens (including phenoxy) is 2. The lowest BCUT2D eigenvalue weighted by molar-refractivity contribution is -0.139. The average molecular weight is 343 g/mol. The highest BCUT2D eigenvalue weighted by Crippen LogP contribution is 2.59. The standard InChI is InChI=1S/C21H13NO4/c1-22-15-8-9-16(13-5-3-2-4-12(13)15)25-11-6-7-14-17(10-11)26-20-18(14)19(20)21(23)24/h2-10,18-20H,(H,23,24). The maximum absolute atomic E-state index is 11.1. The fourth-order valence-corrected chi connectivity index (χ4v) is 3.77. The second-order valence-corrected chi connectivity index (χ2v) is 6.51. The van der Waals surface area contributed by atoms with Crippen molar-refractivity contribution in [2.24, 2.45) is 5.92 Å². The van der Waals surface area contributed by atoms with Crippen molar-refractivity contribution in [2.45, 2.75) is 12.0 Å². The van der Waals surface area contributed by atoms with Gasteiger partial charge in [-0.3, -0.25) is 4.79 Å². The van der Waals surface area contributed by atoms with Gasteiger partial charge in [0.15, 0.2) is 5.69 Å². The van der Waals surface area contributed by atoms with Crippen LogP contribution < -0.4 is 9.47 Å². The summed E-state index contributed by atoms with van der Waals surface area (Å²) in [5, 5.41) is 10.9. The third-order valence-electron chi connectivity index (χ3n) is 5.06. The molecule has 0 saturated heterocycles. The largest absolute Gasteiger partial charge is 0.488 e. The zero-order valence-corrected chi connectivity index (χ0v) is 13.5. The highest BCUT2D eigenvalue weighted by molar-refractivity contribution is 5.98. The maximum Gasteiger partial charge on any atom is 0.311 e. The summed E-state index contributed by atoms with van der Waals surface area (Å²) in [4.78, 5) is 14.7. The molecule has 1 fully saturated rings. The van der Waals surface area contributed by atoms with Crippen LogP contribution in [0, 0.1) is 12.5 Å². The van der Waals surface area contributed by atoms with Gasteiger partial charge in [-0.2, -0.15) is 0 Å². The molecular weight excluding hydrogens is 330 g/mol. The van der Waals surface area contributed by atoms with Crippen LogP contribution in [0.4, 0.5) is 5.69 Å². The number of hydrogen-bond donors (Lipinski definition) is 1. The molecule has 1 aliphatic carbocycles. The van der Waals surface area contributed by atoms with Crippen LogP contribution in [0.5, 0.6) is 17.2 Å². The monoisotopic (exact) mass is 343 g/mol. The molecule has 5 rings (SSSR count). The van der Waals surface area contributed by atoms with Gasteiger partial charge in [0.2, 0.25) is 0 Å². The minimum Gasteiger partial charge on any atom is -0.488 e. The van der Waals surface area contributed by atoms with Gasteiger partial charge in [-0.05, 0) is 17.5 Å². The molecule has 3 aromatic rings. The summed E-state index contributed by atoms with van der Waals surface area (Å²) in [6.45, 7) is 7.30. The molecule has 0 aromatic heterocycles. The molecule has 1 heterocycles. The van der Waals surface area contributed by atoms with E-state index in [2.05, 4.69) is 4.85 Å². The quantitative estimate of drug-likeness (QED) is 0.698. The Kier molecular flexibility index (Phi) is 2.98. The SMILES string of the molecule is [C-]#[N+]c1ccc(Oc2ccc3c(c2)OC2C(C(=O)O)C32)c2ccccc12. The summed E-state index contributed by atoms with van der Waals surface area (Å²) < 4.78 is 11.8.